The molecule has 1 aromatic carbocycles. The molecule has 0 bridgehead atoms. The van der Waals surface area contributed by atoms with E-state index in [9.17, 15) is 4.79 Å². The summed E-state index contributed by atoms with van der Waals surface area (Å²) in [5.41, 5.74) is 8.54. The molecule has 28 heavy (non-hydrogen) atoms. The third kappa shape index (κ3) is 3.12. The Morgan fingerprint density at radius 1 is 1.36 bits per heavy atom. The van der Waals surface area contributed by atoms with Crippen LogP contribution < -0.4 is 11.1 Å². The van der Waals surface area contributed by atoms with Gasteiger partial charge in [-0.25, -0.2) is 15.0 Å². The van der Waals surface area contributed by atoms with Gasteiger partial charge in [0.1, 0.15) is 11.3 Å². The summed E-state index contributed by atoms with van der Waals surface area (Å²) in [6.45, 7) is 2.49. The first-order valence-corrected chi connectivity index (χ1v) is 9.72. The van der Waals surface area contributed by atoms with Crippen molar-refractivity contribution in [2.45, 2.75) is 19.5 Å². The lowest BCUT2D eigenvalue weighted by Crippen LogP contribution is -2.29. The first-order chi connectivity index (χ1) is 13.7. The zero-order valence-corrected chi connectivity index (χ0v) is 15.7. The normalized spacial score (nSPS) is 14.3. The molecule has 0 unspecified atom stereocenters. The van der Waals surface area contributed by atoms with Crippen LogP contribution in [0.5, 0.6) is 0 Å². The zero-order valence-electron chi connectivity index (χ0n) is 14.9. The first kappa shape index (κ1) is 16.9. The molecule has 142 valence electrons. The van der Waals surface area contributed by atoms with Gasteiger partial charge in [-0.15, -0.1) is 11.3 Å². The van der Waals surface area contributed by atoms with E-state index in [1.54, 1.807) is 18.3 Å². The first-order valence-electron chi connectivity index (χ1n) is 8.90. The van der Waals surface area contributed by atoms with Crippen LogP contribution in [0.3, 0.4) is 0 Å². The van der Waals surface area contributed by atoms with E-state index in [4.69, 9.17) is 5.73 Å². The van der Waals surface area contributed by atoms with Gasteiger partial charge < -0.3 is 15.7 Å². The Hall–Kier alpha value is -3.24. The lowest BCUT2D eigenvalue weighted by atomic mass is 10.1. The Labute approximate surface area is 164 Å². The van der Waals surface area contributed by atoms with Crippen LogP contribution in [0.15, 0.2) is 30.6 Å². The maximum Gasteiger partial charge on any atom is 0.259 e. The summed E-state index contributed by atoms with van der Waals surface area (Å²) in [6, 6.07) is 5.37. The molecule has 1 aliphatic rings. The topological polar surface area (TPSA) is 129 Å². The highest BCUT2D eigenvalue weighted by Crippen LogP contribution is 2.29. The highest BCUT2D eigenvalue weighted by atomic mass is 32.1. The number of H-pyrrole nitrogens is 2. The molecule has 0 aliphatic carbocycles. The fraction of sp³-hybridized carbons (Fsp3) is 0.222. The highest BCUT2D eigenvalue weighted by molar-refractivity contribution is 7.15. The van der Waals surface area contributed by atoms with Crippen LogP contribution in [0.25, 0.3) is 11.0 Å². The van der Waals surface area contributed by atoms with Crippen molar-refractivity contribution in [3.8, 4) is 0 Å². The Morgan fingerprint density at radius 3 is 3.14 bits per heavy atom. The molecule has 9 nitrogen and oxygen atoms in total. The van der Waals surface area contributed by atoms with Crippen molar-refractivity contribution >= 4 is 39.4 Å². The fourth-order valence-electron chi connectivity index (χ4n) is 3.43. The number of anilines is 2. The second-order valence-corrected chi connectivity index (χ2v) is 7.75. The van der Waals surface area contributed by atoms with Crippen LogP contribution in [-0.4, -0.2) is 42.3 Å². The second-order valence-electron chi connectivity index (χ2n) is 6.66. The molecule has 0 fully saturated rings. The average molecular weight is 394 g/mol. The Morgan fingerprint density at radius 2 is 2.29 bits per heavy atom. The number of carbonyl (C=O) groups is 1. The van der Waals surface area contributed by atoms with Crippen LogP contribution in [0.2, 0.25) is 0 Å². The molecule has 5 N–H and O–H groups in total. The molecule has 0 radical (unpaired) electrons. The Kier molecular flexibility index (Phi) is 4.06. The molecule has 0 spiro atoms. The van der Waals surface area contributed by atoms with Crippen LogP contribution in [0.4, 0.5) is 11.1 Å². The molecule has 4 heterocycles. The molecule has 1 aliphatic heterocycles. The number of hydrogen-bond donors (Lipinski definition) is 4. The minimum atomic E-state index is -0.240. The number of imidazole rings is 2. The van der Waals surface area contributed by atoms with E-state index < -0.39 is 0 Å². The van der Waals surface area contributed by atoms with Gasteiger partial charge in [0.05, 0.1) is 23.3 Å². The molecule has 0 saturated heterocycles. The van der Waals surface area contributed by atoms with Gasteiger partial charge in [-0.05, 0) is 12.1 Å². The third-order valence-electron chi connectivity index (χ3n) is 4.73. The molecule has 1 amide bonds. The number of carbonyl (C=O) groups excluding carboxylic acids is 1. The van der Waals surface area contributed by atoms with Gasteiger partial charge in [-0.1, -0.05) is 6.07 Å². The Bertz CT molecular complexity index is 1150. The number of nitrogen functional groups attached to an aromatic ring is 1. The molecule has 5 rings (SSSR count). The summed E-state index contributed by atoms with van der Waals surface area (Å²) in [7, 11) is 0. The molecule has 10 heteroatoms. The largest absolute Gasteiger partial charge is 0.369 e. The van der Waals surface area contributed by atoms with E-state index in [-0.39, 0.29) is 11.9 Å². The summed E-state index contributed by atoms with van der Waals surface area (Å²) in [4.78, 5) is 35.5. The van der Waals surface area contributed by atoms with Crippen LogP contribution in [0, 0.1) is 0 Å². The molecular formula is C18H18N8OS. The number of nitrogens with zero attached hydrogens (tertiary/aromatic N) is 4. The minimum absolute atomic E-state index is 0.240. The predicted octanol–water partition coefficient (Wildman–Crippen LogP) is 2.14. The number of fused-ring (bicyclic) bond motifs is 2. The highest BCUT2D eigenvalue weighted by Gasteiger charge is 2.22. The van der Waals surface area contributed by atoms with Gasteiger partial charge in [-0.2, -0.15) is 0 Å². The third-order valence-corrected chi connectivity index (χ3v) is 5.73. The van der Waals surface area contributed by atoms with Gasteiger partial charge >= 0.3 is 0 Å². The number of amides is 1. The number of thiazole rings is 1. The number of nitrogens with one attached hydrogen (secondary N) is 3. The zero-order chi connectivity index (χ0) is 19.1. The molecule has 4 aromatic rings. The van der Waals surface area contributed by atoms with E-state index >= 15 is 0 Å². The average Bonchev–Trinajstić information content (AvgIpc) is 3.39. The number of para-hydroxylation sites is 1. The number of aromatic nitrogens is 5. The van der Waals surface area contributed by atoms with Crippen LogP contribution >= 0.6 is 11.3 Å². The number of hydrogen-bond acceptors (Lipinski definition) is 7. The number of benzene rings is 1. The number of nitrogens with two attached hydrogens (primary N) is 1. The van der Waals surface area contributed by atoms with Crippen molar-refractivity contribution in [2.75, 3.05) is 17.6 Å². The second kappa shape index (κ2) is 6.73. The quantitative estimate of drug-likeness (QED) is 0.420. The van der Waals surface area contributed by atoms with E-state index in [0.717, 1.165) is 43.1 Å². The lowest BCUT2D eigenvalue weighted by Gasteiger charge is -2.24. The van der Waals surface area contributed by atoms with Crippen molar-refractivity contribution in [2.24, 2.45) is 0 Å². The van der Waals surface area contributed by atoms with E-state index in [1.807, 2.05) is 12.3 Å². The van der Waals surface area contributed by atoms with Gasteiger partial charge in [0, 0.05) is 36.8 Å². The van der Waals surface area contributed by atoms with E-state index in [2.05, 4.69) is 35.1 Å². The standard InChI is InChI=1S/C18H18N8OS/c19-17-22-12-3-1-2-10(15(12)24-17)16(27)25-18-23-11-4-7-26(8-13(11)28-18)9-14-20-5-6-21-14/h1-3,5-6H,4,7-9H2,(H,20,21)(H3,19,22,24)(H,23,25,27). The van der Waals surface area contributed by atoms with Crippen molar-refractivity contribution in [3.05, 3.63) is 52.6 Å². The molecule has 0 atom stereocenters. The smallest absolute Gasteiger partial charge is 0.259 e. The summed E-state index contributed by atoms with van der Waals surface area (Å²) >= 11 is 1.52. The van der Waals surface area contributed by atoms with Crippen LogP contribution in [-0.2, 0) is 19.5 Å². The molecule has 0 saturated carbocycles. The summed E-state index contributed by atoms with van der Waals surface area (Å²) in [6.07, 6.45) is 4.45. The maximum absolute atomic E-state index is 12.8. The summed E-state index contributed by atoms with van der Waals surface area (Å²) in [5.74, 6) is 1.00. The van der Waals surface area contributed by atoms with Crippen molar-refractivity contribution in [3.63, 3.8) is 0 Å². The van der Waals surface area contributed by atoms with Crippen molar-refractivity contribution in [1.82, 2.24) is 29.8 Å². The molecule has 3 aromatic heterocycles. The van der Waals surface area contributed by atoms with Crippen molar-refractivity contribution in [1.29, 1.82) is 0 Å². The number of rotatable bonds is 4. The maximum atomic E-state index is 12.8. The summed E-state index contributed by atoms with van der Waals surface area (Å²) in [5, 5.41) is 3.52. The van der Waals surface area contributed by atoms with Crippen molar-refractivity contribution < 1.29 is 4.79 Å². The van der Waals surface area contributed by atoms with E-state index in [1.165, 1.54) is 16.2 Å². The SMILES string of the molecule is Nc1nc2c(C(=O)Nc3nc4c(s3)CN(Cc3ncc[nH]3)CC4)cccc2[nH]1. The minimum Gasteiger partial charge on any atom is -0.369 e. The Balaban J connectivity index is 1.33. The molecular weight excluding hydrogens is 376 g/mol. The fourth-order valence-corrected chi connectivity index (χ4v) is 4.48. The van der Waals surface area contributed by atoms with Gasteiger partial charge in [-0.3, -0.25) is 15.0 Å². The number of aromatic amines is 2. The van der Waals surface area contributed by atoms with Gasteiger partial charge in [0.2, 0.25) is 0 Å². The van der Waals surface area contributed by atoms with Crippen LogP contribution in [0.1, 0.15) is 26.8 Å². The lowest BCUT2D eigenvalue weighted by molar-refractivity contribution is 0.102. The monoisotopic (exact) mass is 394 g/mol. The van der Waals surface area contributed by atoms with Gasteiger partial charge in [0.15, 0.2) is 11.1 Å². The summed E-state index contributed by atoms with van der Waals surface area (Å²) < 4.78 is 0. The van der Waals surface area contributed by atoms with Gasteiger partial charge in [0.25, 0.3) is 5.91 Å². The predicted molar refractivity (Wildman–Crippen MR) is 107 cm³/mol. The van der Waals surface area contributed by atoms with E-state index in [0.29, 0.717) is 16.2 Å².